The Balaban J connectivity index is 1.85. The number of hydrogen-bond acceptors (Lipinski definition) is 3. The number of rotatable bonds is 7. The summed E-state index contributed by atoms with van der Waals surface area (Å²) in [7, 11) is 1.60. The van der Waals surface area contributed by atoms with Crippen molar-refractivity contribution in [2.24, 2.45) is 0 Å². The van der Waals surface area contributed by atoms with Crippen LogP contribution < -0.4 is 10.1 Å². The van der Waals surface area contributed by atoms with E-state index in [2.05, 4.69) is 5.32 Å². The van der Waals surface area contributed by atoms with E-state index in [-0.39, 0.29) is 18.4 Å². The van der Waals surface area contributed by atoms with Gasteiger partial charge in [-0.25, -0.2) is 0 Å². The Morgan fingerprint density at radius 3 is 2.35 bits per heavy atom. The monoisotopic (exact) mass is 352 g/mol. The van der Waals surface area contributed by atoms with E-state index < -0.39 is 0 Å². The smallest absolute Gasteiger partial charge is 0.246 e. The number of benzene rings is 2. The summed E-state index contributed by atoms with van der Waals surface area (Å²) in [6.45, 7) is 4.51. The molecule has 0 saturated carbocycles. The van der Waals surface area contributed by atoms with E-state index in [9.17, 15) is 9.59 Å². The summed E-state index contributed by atoms with van der Waals surface area (Å²) in [4.78, 5) is 25.6. The molecule has 0 spiro atoms. The van der Waals surface area contributed by atoms with E-state index in [1.165, 1.54) is 11.0 Å². The number of ether oxygens (including phenoxy) is 1. The standard InChI is InChI=1S/C21H24N2O3/c1-4-26-19-12-7-17(8-13-19)9-14-21(25)23(3)15-20(24)22-18-10-5-16(2)6-11-18/h5-14H,4,15H2,1-3H3,(H,22,24)/b14-9+. The van der Waals surface area contributed by atoms with E-state index in [4.69, 9.17) is 4.74 Å². The highest BCUT2D eigenvalue weighted by Gasteiger charge is 2.10. The van der Waals surface area contributed by atoms with Gasteiger partial charge in [-0.15, -0.1) is 0 Å². The Bertz CT molecular complexity index is 765. The van der Waals surface area contributed by atoms with Gasteiger partial charge in [0.2, 0.25) is 11.8 Å². The summed E-state index contributed by atoms with van der Waals surface area (Å²) in [5.74, 6) is 0.318. The maximum Gasteiger partial charge on any atom is 0.246 e. The van der Waals surface area contributed by atoms with Crippen LogP contribution in [0.15, 0.2) is 54.6 Å². The fraction of sp³-hybridized carbons (Fsp3) is 0.238. The Kier molecular flexibility index (Phi) is 6.97. The molecule has 0 heterocycles. The van der Waals surface area contributed by atoms with E-state index in [1.807, 2.05) is 62.4 Å². The first-order chi connectivity index (χ1) is 12.5. The van der Waals surface area contributed by atoms with Gasteiger partial charge in [0.15, 0.2) is 0 Å². The number of carbonyl (C=O) groups is 2. The average molecular weight is 352 g/mol. The lowest BCUT2D eigenvalue weighted by Gasteiger charge is -2.15. The maximum atomic E-state index is 12.2. The third-order valence-electron chi connectivity index (χ3n) is 3.70. The molecule has 0 fully saturated rings. The molecule has 0 bridgehead atoms. The lowest BCUT2D eigenvalue weighted by atomic mass is 10.2. The summed E-state index contributed by atoms with van der Waals surface area (Å²) in [5.41, 5.74) is 2.72. The molecular weight excluding hydrogens is 328 g/mol. The Morgan fingerprint density at radius 2 is 1.73 bits per heavy atom. The van der Waals surface area contributed by atoms with Gasteiger partial charge in [0.05, 0.1) is 13.2 Å². The van der Waals surface area contributed by atoms with Crippen LogP contribution in [0.25, 0.3) is 6.08 Å². The third kappa shape index (κ3) is 6.09. The number of aryl methyl sites for hydroxylation is 1. The van der Waals surface area contributed by atoms with Crippen LogP contribution in [0.1, 0.15) is 18.1 Å². The van der Waals surface area contributed by atoms with Crippen molar-refractivity contribution in [3.63, 3.8) is 0 Å². The second kappa shape index (κ2) is 9.42. The van der Waals surface area contributed by atoms with E-state index >= 15 is 0 Å². The van der Waals surface area contributed by atoms with Gasteiger partial charge in [0.25, 0.3) is 0 Å². The molecule has 5 heteroatoms. The van der Waals surface area contributed by atoms with Crippen LogP contribution in [-0.2, 0) is 9.59 Å². The van der Waals surface area contributed by atoms with Crippen molar-refractivity contribution in [3.8, 4) is 5.75 Å². The zero-order valence-corrected chi connectivity index (χ0v) is 15.4. The molecule has 26 heavy (non-hydrogen) atoms. The van der Waals surface area contributed by atoms with Crippen molar-refractivity contribution in [1.82, 2.24) is 4.90 Å². The minimum Gasteiger partial charge on any atom is -0.494 e. The number of nitrogens with zero attached hydrogens (tertiary/aromatic N) is 1. The summed E-state index contributed by atoms with van der Waals surface area (Å²) >= 11 is 0. The van der Waals surface area contributed by atoms with E-state index in [0.717, 1.165) is 16.9 Å². The van der Waals surface area contributed by atoms with Gasteiger partial charge in [-0.2, -0.15) is 0 Å². The molecule has 0 aliphatic rings. The number of hydrogen-bond donors (Lipinski definition) is 1. The molecule has 2 aromatic rings. The average Bonchev–Trinajstić information content (AvgIpc) is 2.63. The van der Waals surface area contributed by atoms with Crippen molar-refractivity contribution in [3.05, 3.63) is 65.7 Å². The van der Waals surface area contributed by atoms with Gasteiger partial charge in [-0.1, -0.05) is 29.8 Å². The van der Waals surface area contributed by atoms with Crippen LogP contribution in [0.2, 0.25) is 0 Å². The van der Waals surface area contributed by atoms with Crippen molar-refractivity contribution in [2.45, 2.75) is 13.8 Å². The zero-order chi connectivity index (χ0) is 18.9. The molecule has 0 aliphatic carbocycles. The van der Waals surface area contributed by atoms with Gasteiger partial charge in [0.1, 0.15) is 5.75 Å². The zero-order valence-electron chi connectivity index (χ0n) is 15.4. The Morgan fingerprint density at radius 1 is 1.08 bits per heavy atom. The first kappa shape index (κ1) is 19.2. The van der Waals surface area contributed by atoms with Crippen LogP contribution in [-0.4, -0.2) is 36.9 Å². The quantitative estimate of drug-likeness (QED) is 0.776. The molecule has 136 valence electrons. The molecule has 0 aliphatic heterocycles. The molecule has 0 atom stereocenters. The van der Waals surface area contributed by atoms with E-state index in [1.54, 1.807) is 13.1 Å². The second-order valence-electron chi connectivity index (χ2n) is 5.94. The summed E-state index contributed by atoms with van der Waals surface area (Å²) < 4.78 is 5.38. The van der Waals surface area contributed by atoms with Crippen LogP contribution in [0, 0.1) is 6.92 Å². The largest absolute Gasteiger partial charge is 0.494 e. The number of carbonyl (C=O) groups excluding carboxylic acids is 2. The number of likely N-dealkylation sites (N-methyl/N-ethyl adjacent to an activating group) is 1. The maximum absolute atomic E-state index is 12.2. The minimum absolute atomic E-state index is 0.0136. The molecule has 2 amide bonds. The molecular formula is C21H24N2O3. The summed E-state index contributed by atoms with van der Waals surface area (Å²) in [6.07, 6.45) is 3.17. The lowest BCUT2D eigenvalue weighted by Crippen LogP contribution is -2.33. The van der Waals surface area contributed by atoms with Crippen LogP contribution in [0.5, 0.6) is 5.75 Å². The van der Waals surface area contributed by atoms with Gasteiger partial charge >= 0.3 is 0 Å². The van der Waals surface area contributed by atoms with Crippen molar-refractivity contribution >= 4 is 23.6 Å². The van der Waals surface area contributed by atoms with Gasteiger partial charge in [0, 0.05) is 18.8 Å². The van der Waals surface area contributed by atoms with Crippen molar-refractivity contribution < 1.29 is 14.3 Å². The molecule has 5 nitrogen and oxygen atoms in total. The fourth-order valence-corrected chi connectivity index (χ4v) is 2.27. The number of amides is 2. The molecule has 0 saturated heterocycles. The SMILES string of the molecule is CCOc1ccc(/C=C/C(=O)N(C)CC(=O)Nc2ccc(C)cc2)cc1. The van der Waals surface area contributed by atoms with E-state index in [0.29, 0.717) is 12.3 Å². The van der Waals surface area contributed by atoms with Crippen molar-refractivity contribution in [1.29, 1.82) is 0 Å². The fourth-order valence-electron chi connectivity index (χ4n) is 2.27. The minimum atomic E-state index is -0.238. The number of anilines is 1. The van der Waals surface area contributed by atoms with Crippen LogP contribution >= 0.6 is 0 Å². The lowest BCUT2D eigenvalue weighted by molar-refractivity contribution is -0.129. The summed E-state index contributed by atoms with van der Waals surface area (Å²) in [6, 6.07) is 15.0. The Labute approximate surface area is 154 Å². The second-order valence-corrected chi connectivity index (χ2v) is 5.94. The molecule has 1 N–H and O–H groups in total. The molecule has 0 aromatic heterocycles. The summed E-state index contributed by atoms with van der Waals surface area (Å²) in [5, 5.41) is 2.78. The van der Waals surface area contributed by atoms with Crippen LogP contribution in [0.4, 0.5) is 5.69 Å². The van der Waals surface area contributed by atoms with Crippen molar-refractivity contribution in [2.75, 3.05) is 25.5 Å². The highest BCUT2D eigenvalue weighted by Crippen LogP contribution is 2.13. The van der Waals surface area contributed by atoms with Gasteiger partial charge in [-0.3, -0.25) is 9.59 Å². The first-order valence-corrected chi connectivity index (χ1v) is 8.50. The highest BCUT2D eigenvalue weighted by atomic mass is 16.5. The predicted octanol–water partition coefficient (Wildman–Crippen LogP) is 3.50. The predicted molar refractivity (Wildman–Crippen MR) is 104 cm³/mol. The molecule has 0 radical (unpaired) electrons. The molecule has 2 rings (SSSR count). The first-order valence-electron chi connectivity index (χ1n) is 8.50. The molecule has 2 aromatic carbocycles. The number of nitrogens with one attached hydrogen (secondary N) is 1. The normalized spacial score (nSPS) is 10.6. The Hall–Kier alpha value is -3.08. The van der Waals surface area contributed by atoms with Crippen LogP contribution in [0.3, 0.4) is 0 Å². The molecule has 0 unspecified atom stereocenters. The highest BCUT2D eigenvalue weighted by molar-refractivity contribution is 5.97. The van der Waals surface area contributed by atoms with Gasteiger partial charge in [-0.05, 0) is 49.8 Å². The topological polar surface area (TPSA) is 58.6 Å². The third-order valence-corrected chi connectivity index (χ3v) is 3.70. The van der Waals surface area contributed by atoms with Gasteiger partial charge < -0.3 is 15.0 Å².